The van der Waals surface area contributed by atoms with Gasteiger partial charge in [0.2, 0.25) is 0 Å². The Hall–Kier alpha value is -2.21. The number of hydrazone groups is 1. The minimum absolute atomic E-state index is 0.174. The van der Waals surface area contributed by atoms with Crippen LogP contribution in [0.2, 0.25) is 0 Å². The molecule has 18 heavy (non-hydrogen) atoms. The van der Waals surface area contributed by atoms with Gasteiger partial charge in [0.15, 0.2) is 0 Å². The summed E-state index contributed by atoms with van der Waals surface area (Å²) in [6.07, 6.45) is 1.36. The number of carboxylic acid groups (broad SMARTS) is 1. The predicted octanol–water partition coefficient (Wildman–Crippen LogP) is 0.606. The number of aliphatic hydroxyl groups is 1. The molecule has 0 saturated heterocycles. The molecule has 0 aliphatic carbocycles. The first-order chi connectivity index (χ1) is 8.30. The van der Waals surface area contributed by atoms with Crippen molar-refractivity contribution in [2.75, 3.05) is 0 Å². The van der Waals surface area contributed by atoms with Gasteiger partial charge in [-0.05, 0) is 31.5 Å². The highest BCUT2D eigenvalue weighted by Gasteiger charge is 2.22. The van der Waals surface area contributed by atoms with Crippen molar-refractivity contribution >= 4 is 18.1 Å². The Balaban J connectivity index is 2.63. The average molecular weight is 250 g/mol. The van der Waals surface area contributed by atoms with E-state index in [0.29, 0.717) is 5.56 Å². The second-order valence-corrected chi connectivity index (χ2v) is 4.19. The van der Waals surface area contributed by atoms with Crippen molar-refractivity contribution < 1.29 is 19.8 Å². The first kappa shape index (κ1) is 13.9. The third-order valence-corrected chi connectivity index (χ3v) is 2.09. The van der Waals surface area contributed by atoms with Crippen LogP contribution in [0, 0.1) is 0 Å². The number of nitrogens with zero attached hydrogens (tertiary/aromatic N) is 1. The summed E-state index contributed by atoms with van der Waals surface area (Å²) < 4.78 is 0. The van der Waals surface area contributed by atoms with E-state index >= 15 is 0 Å². The lowest BCUT2D eigenvalue weighted by Gasteiger charge is -2.13. The van der Waals surface area contributed by atoms with Gasteiger partial charge in [-0.3, -0.25) is 4.79 Å². The molecule has 1 amide bonds. The summed E-state index contributed by atoms with van der Waals surface area (Å²) in [5.41, 5.74) is 1.49. The monoisotopic (exact) mass is 250 g/mol. The maximum Gasteiger partial charge on any atom is 0.335 e. The molecular formula is C12H14N2O4. The number of nitrogens with one attached hydrogen (secondary N) is 1. The van der Waals surface area contributed by atoms with Crippen LogP contribution >= 0.6 is 0 Å². The fraction of sp³-hybridized carbons (Fsp3) is 0.250. The highest BCUT2D eigenvalue weighted by molar-refractivity contribution is 5.89. The van der Waals surface area contributed by atoms with Crippen LogP contribution in [-0.4, -0.2) is 33.9 Å². The number of amides is 1. The largest absolute Gasteiger partial charge is 0.478 e. The third-order valence-electron chi connectivity index (χ3n) is 2.09. The van der Waals surface area contributed by atoms with E-state index in [-0.39, 0.29) is 5.56 Å². The predicted molar refractivity (Wildman–Crippen MR) is 65.4 cm³/mol. The Morgan fingerprint density at radius 1 is 1.28 bits per heavy atom. The van der Waals surface area contributed by atoms with E-state index < -0.39 is 17.5 Å². The SMILES string of the molecule is CC(C)(O)C(=O)N/N=C\c1ccc(C(=O)O)cc1. The van der Waals surface area contributed by atoms with Crippen LogP contribution in [-0.2, 0) is 4.79 Å². The highest BCUT2D eigenvalue weighted by atomic mass is 16.4. The van der Waals surface area contributed by atoms with Gasteiger partial charge in [-0.2, -0.15) is 5.10 Å². The smallest absolute Gasteiger partial charge is 0.335 e. The van der Waals surface area contributed by atoms with Crippen LogP contribution in [0.1, 0.15) is 29.8 Å². The molecule has 1 aromatic rings. The Bertz CT molecular complexity index is 472. The van der Waals surface area contributed by atoms with Gasteiger partial charge in [0, 0.05) is 0 Å². The third kappa shape index (κ3) is 3.99. The summed E-state index contributed by atoms with van der Waals surface area (Å²) >= 11 is 0. The fourth-order valence-electron chi connectivity index (χ4n) is 1.01. The molecule has 0 atom stereocenters. The van der Waals surface area contributed by atoms with E-state index in [1.54, 1.807) is 12.1 Å². The van der Waals surface area contributed by atoms with Gasteiger partial charge >= 0.3 is 5.97 Å². The topological polar surface area (TPSA) is 99.0 Å². The number of carbonyl (C=O) groups is 2. The van der Waals surface area contributed by atoms with Crippen molar-refractivity contribution in [2.45, 2.75) is 19.4 Å². The Morgan fingerprint density at radius 2 is 1.83 bits per heavy atom. The number of hydrogen-bond acceptors (Lipinski definition) is 4. The molecule has 0 bridgehead atoms. The molecule has 1 rings (SSSR count). The molecule has 0 spiro atoms. The number of rotatable bonds is 4. The second-order valence-electron chi connectivity index (χ2n) is 4.19. The number of hydrogen-bond donors (Lipinski definition) is 3. The van der Waals surface area contributed by atoms with E-state index in [9.17, 15) is 14.7 Å². The molecule has 0 aromatic heterocycles. The van der Waals surface area contributed by atoms with Crippen LogP contribution in [0.3, 0.4) is 0 Å². The molecule has 0 heterocycles. The molecule has 0 saturated carbocycles. The number of benzene rings is 1. The zero-order valence-electron chi connectivity index (χ0n) is 10.0. The minimum atomic E-state index is -1.50. The lowest BCUT2D eigenvalue weighted by molar-refractivity contribution is -0.136. The number of aromatic carboxylic acids is 1. The lowest BCUT2D eigenvalue weighted by Crippen LogP contribution is -2.39. The maximum absolute atomic E-state index is 11.2. The summed E-state index contributed by atoms with van der Waals surface area (Å²) in [4.78, 5) is 21.9. The van der Waals surface area contributed by atoms with Crippen molar-refractivity contribution in [1.29, 1.82) is 0 Å². The zero-order chi connectivity index (χ0) is 13.8. The molecule has 1 aromatic carbocycles. The van der Waals surface area contributed by atoms with E-state index in [0.717, 1.165) is 0 Å². The molecule has 0 unspecified atom stereocenters. The van der Waals surface area contributed by atoms with E-state index in [1.807, 2.05) is 0 Å². The Morgan fingerprint density at radius 3 is 2.28 bits per heavy atom. The van der Waals surface area contributed by atoms with Crippen LogP contribution < -0.4 is 5.43 Å². The van der Waals surface area contributed by atoms with Crippen LogP contribution in [0.5, 0.6) is 0 Å². The Labute approximate surface area is 104 Å². The van der Waals surface area contributed by atoms with E-state index in [1.165, 1.54) is 32.2 Å². The molecule has 6 nitrogen and oxygen atoms in total. The Kier molecular flexibility index (Phi) is 4.17. The van der Waals surface area contributed by atoms with Gasteiger partial charge in [-0.25, -0.2) is 10.2 Å². The van der Waals surface area contributed by atoms with Crippen LogP contribution in [0.15, 0.2) is 29.4 Å². The second kappa shape index (κ2) is 5.42. The van der Waals surface area contributed by atoms with Crippen molar-refractivity contribution in [1.82, 2.24) is 5.43 Å². The number of carboxylic acids is 1. The summed E-state index contributed by atoms with van der Waals surface area (Å²) in [5.74, 6) is -1.63. The van der Waals surface area contributed by atoms with Crippen molar-refractivity contribution in [3.05, 3.63) is 35.4 Å². The van der Waals surface area contributed by atoms with Crippen molar-refractivity contribution in [2.24, 2.45) is 5.10 Å². The maximum atomic E-state index is 11.2. The summed E-state index contributed by atoms with van der Waals surface area (Å²) in [6, 6.07) is 5.98. The van der Waals surface area contributed by atoms with Crippen LogP contribution in [0.4, 0.5) is 0 Å². The molecule has 3 N–H and O–H groups in total. The van der Waals surface area contributed by atoms with Crippen molar-refractivity contribution in [3.63, 3.8) is 0 Å². The first-order valence-electron chi connectivity index (χ1n) is 5.20. The van der Waals surface area contributed by atoms with E-state index in [2.05, 4.69) is 10.5 Å². The molecule has 0 aliphatic heterocycles. The van der Waals surface area contributed by atoms with Gasteiger partial charge in [-0.15, -0.1) is 0 Å². The first-order valence-corrected chi connectivity index (χ1v) is 5.20. The number of carbonyl (C=O) groups excluding carboxylic acids is 1. The fourth-order valence-corrected chi connectivity index (χ4v) is 1.01. The zero-order valence-corrected chi connectivity index (χ0v) is 10.0. The molecule has 6 heteroatoms. The molecule has 0 fully saturated rings. The van der Waals surface area contributed by atoms with Gasteiger partial charge in [0.25, 0.3) is 5.91 Å². The van der Waals surface area contributed by atoms with Gasteiger partial charge in [0.05, 0.1) is 11.8 Å². The van der Waals surface area contributed by atoms with E-state index in [4.69, 9.17) is 5.11 Å². The molecule has 0 radical (unpaired) electrons. The molecular weight excluding hydrogens is 236 g/mol. The summed E-state index contributed by atoms with van der Waals surface area (Å²) in [7, 11) is 0. The average Bonchev–Trinajstić information content (AvgIpc) is 2.28. The minimum Gasteiger partial charge on any atom is -0.478 e. The highest BCUT2D eigenvalue weighted by Crippen LogP contribution is 2.03. The summed E-state index contributed by atoms with van der Waals surface area (Å²) in [5, 5.41) is 21.7. The van der Waals surface area contributed by atoms with Crippen LogP contribution in [0.25, 0.3) is 0 Å². The molecule has 0 aliphatic rings. The van der Waals surface area contributed by atoms with Gasteiger partial charge in [-0.1, -0.05) is 12.1 Å². The normalized spacial score (nSPS) is 11.5. The molecule has 96 valence electrons. The standard InChI is InChI=1S/C12H14N2O4/c1-12(2,18)11(17)14-13-7-8-3-5-9(6-4-8)10(15)16/h3-7,18H,1-2H3,(H,14,17)(H,15,16)/b13-7-. The lowest BCUT2D eigenvalue weighted by atomic mass is 10.1. The quantitative estimate of drug-likeness (QED) is 0.538. The summed E-state index contributed by atoms with van der Waals surface area (Å²) in [6.45, 7) is 2.69. The van der Waals surface area contributed by atoms with Gasteiger partial charge < -0.3 is 10.2 Å². The van der Waals surface area contributed by atoms with Crippen molar-refractivity contribution in [3.8, 4) is 0 Å². The van der Waals surface area contributed by atoms with Gasteiger partial charge in [0.1, 0.15) is 5.60 Å².